The molecule has 1 fully saturated rings. The van der Waals surface area contributed by atoms with Crippen molar-refractivity contribution in [3.63, 3.8) is 0 Å². The highest BCUT2D eigenvalue weighted by molar-refractivity contribution is 5.14. The highest BCUT2D eigenvalue weighted by Gasteiger charge is 2.39. The first-order chi connectivity index (χ1) is 12.3. The fourth-order valence-electron chi connectivity index (χ4n) is 2.98. The maximum absolute atomic E-state index is 9.91. The summed E-state index contributed by atoms with van der Waals surface area (Å²) < 4.78 is 17.4. The normalized spacial score (nSPS) is 26.5. The molecule has 0 bridgehead atoms. The van der Waals surface area contributed by atoms with Gasteiger partial charge in [-0.15, -0.1) is 0 Å². The zero-order valence-electron chi connectivity index (χ0n) is 14.0. The number of benzene rings is 2. The van der Waals surface area contributed by atoms with Crippen LogP contribution in [-0.4, -0.2) is 41.4 Å². The van der Waals surface area contributed by atoms with Crippen molar-refractivity contribution in [1.29, 1.82) is 0 Å². The molecule has 5 nitrogen and oxygen atoms in total. The lowest BCUT2D eigenvalue weighted by atomic mass is 10.0. The maximum atomic E-state index is 9.91. The molecule has 0 radical (unpaired) electrons. The van der Waals surface area contributed by atoms with Crippen LogP contribution in [0.3, 0.4) is 0 Å². The number of aliphatic hydroxyl groups excluding tert-OH is 2. The van der Waals surface area contributed by atoms with E-state index < -0.39 is 18.5 Å². The predicted molar refractivity (Wildman–Crippen MR) is 92.6 cm³/mol. The Bertz CT molecular complexity index is 618. The number of ether oxygens (including phenoxy) is 3. The molecule has 0 aromatic heterocycles. The predicted octanol–water partition coefficient (Wildman–Crippen LogP) is 2.26. The van der Waals surface area contributed by atoms with Crippen LogP contribution in [0.1, 0.15) is 17.5 Å². The fraction of sp³-hybridized carbons (Fsp3) is 0.400. The molecule has 0 amide bonds. The zero-order chi connectivity index (χ0) is 17.5. The van der Waals surface area contributed by atoms with E-state index in [1.54, 1.807) is 0 Å². The van der Waals surface area contributed by atoms with Gasteiger partial charge in [0, 0.05) is 6.42 Å². The molecular weight excluding hydrogens is 320 g/mol. The smallest absolute Gasteiger partial charge is 0.157 e. The van der Waals surface area contributed by atoms with E-state index in [1.165, 1.54) is 0 Å². The summed E-state index contributed by atoms with van der Waals surface area (Å²) in [5, 5.41) is 19.5. The lowest BCUT2D eigenvalue weighted by Crippen LogP contribution is -2.52. The molecule has 3 rings (SSSR count). The summed E-state index contributed by atoms with van der Waals surface area (Å²) in [6.07, 6.45) is -2.08. The van der Waals surface area contributed by atoms with Gasteiger partial charge in [-0.1, -0.05) is 60.7 Å². The van der Waals surface area contributed by atoms with Crippen LogP contribution < -0.4 is 0 Å². The van der Waals surface area contributed by atoms with Crippen LogP contribution in [0.25, 0.3) is 0 Å². The monoisotopic (exact) mass is 344 g/mol. The molecule has 2 aromatic carbocycles. The zero-order valence-corrected chi connectivity index (χ0v) is 14.0. The number of rotatable bonds is 7. The molecule has 0 aliphatic carbocycles. The van der Waals surface area contributed by atoms with Gasteiger partial charge >= 0.3 is 0 Å². The molecule has 1 heterocycles. The fourth-order valence-corrected chi connectivity index (χ4v) is 2.98. The molecule has 5 heteroatoms. The molecule has 0 spiro atoms. The van der Waals surface area contributed by atoms with Crippen LogP contribution in [0, 0.1) is 0 Å². The van der Waals surface area contributed by atoms with Gasteiger partial charge in [0.05, 0.1) is 25.9 Å². The summed E-state index contributed by atoms with van der Waals surface area (Å²) in [5.41, 5.74) is 2.08. The Morgan fingerprint density at radius 2 is 1.44 bits per heavy atom. The molecule has 1 saturated heterocycles. The molecule has 134 valence electrons. The molecule has 25 heavy (non-hydrogen) atoms. The second-order valence-electron chi connectivity index (χ2n) is 6.14. The Morgan fingerprint density at radius 3 is 2.00 bits per heavy atom. The third-order valence-corrected chi connectivity index (χ3v) is 4.27. The average Bonchev–Trinajstić information content (AvgIpc) is 2.66. The molecule has 1 aliphatic heterocycles. The highest BCUT2D eigenvalue weighted by atomic mass is 16.6. The van der Waals surface area contributed by atoms with E-state index in [1.807, 2.05) is 60.7 Å². The minimum atomic E-state index is -0.963. The van der Waals surface area contributed by atoms with Crippen LogP contribution in [0.2, 0.25) is 0 Å². The van der Waals surface area contributed by atoms with Crippen molar-refractivity contribution in [2.24, 2.45) is 0 Å². The van der Waals surface area contributed by atoms with Gasteiger partial charge < -0.3 is 24.4 Å². The van der Waals surface area contributed by atoms with E-state index in [2.05, 4.69) is 0 Å². The molecule has 0 saturated carbocycles. The topological polar surface area (TPSA) is 68.2 Å². The summed E-state index contributed by atoms with van der Waals surface area (Å²) >= 11 is 0. The van der Waals surface area contributed by atoms with Crippen molar-refractivity contribution < 1.29 is 24.4 Å². The van der Waals surface area contributed by atoms with Crippen LogP contribution >= 0.6 is 0 Å². The Balaban J connectivity index is 1.65. The summed E-state index contributed by atoms with van der Waals surface area (Å²) in [4.78, 5) is 0. The first-order valence-electron chi connectivity index (χ1n) is 8.51. The van der Waals surface area contributed by atoms with Crippen LogP contribution in [0.15, 0.2) is 60.7 Å². The van der Waals surface area contributed by atoms with Crippen molar-refractivity contribution in [3.8, 4) is 0 Å². The second kappa shape index (κ2) is 9.08. The summed E-state index contributed by atoms with van der Waals surface area (Å²) in [6, 6.07) is 19.6. The number of hydrogen-bond acceptors (Lipinski definition) is 5. The number of aliphatic hydroxyl groups is 2. The first kappa shape index (κ1) is 18.0. The van der Waals surface area contributed by atoms with Crippen molar-refractivity contribution in [2.45, 2.75) is 44.2 Å². The second-order valence-corrected chi connectivity index (χ2v) is 6.14. The van der Waals surface area contributed by atoms with Crippen molar-refractivity contribution >= 4 is 0 Å². The minimum Gasteiger partial charge on any atom is -0.394 e. The largest absolute Gasteiger partial charge is 0.394 e. The van der Waals surface area contributed by atoms with Gasteiger partial charge in [-0.05, 0) is 11.1 Å². The van der Waals surface area contributed by atoms with E-state index in [0.29, 0.717) is 19.6 Å². The van der Waals surface area contributed by atoms with Crippen LogP contribution in [0.5, 0.6) is 0 Å². The summed E-state index contributed by atoms with van der Waals surface area (Å²) in [5.74, 6) is 0. The van der Waals surface area contributed by atoms with E-state index in [0.717, 1.165) is 11.1 Å². The third-order valence-electron chi connectivity index (χ3n) is 4.27. The van der Waals surface area contributed by atoms with Gasteiger partial charge in [-0.2, -0.15) is 0 Å². The molecule has 2 N–H and O–H groups in total. The maximum Gasteiger partial charge on any atom is 0.157 e. The van der Waals surface area contributed by atoms with E-state index in [-0.39, 0.29) is 12.7 Å². The minimum absolute atomic E-state index is 0.234. The van der Waals surface area contributed by atoms with Crippen molar-refractivity contribution in [2.75, 3.05) is 6.61 Å². The third kappa shape index (κ3) is 5.11. The summed E-state index contributed by atoms with van der Waals surface area (Å²) in [7, 11) is 0. The van der Waals surface area contributed by atoms with Crippen LogP contribution in [-0.2, 0) is 27.4 Å². The molecule has 4 atom stereocenters. The Morgan fingerprint density at radius 1 is 0.880 bits per heavy atom. The standard InChI is InChI=1S/C20H24O5/c21-12-18-20(24-14-16-9-5-2-6-10-16)17(11-19(22)25-18)23-13-15-7-3-1-4-8-15/h1-10,17-22H,11-14H2/t17-,18+,19?,20+/m0/s1. The van der Waals surface area contributed by atoms with Gasteiger partial charge in [0.15, 0.2) is 6.29 Å². The van der Waals surface area contributed by atoms with E-state index in [9.17, 15) is 10.2 Å². The average molecular weight is 344 g/mol. The SMILES string of the molecule is OC[C@H]1OC(O)C[C@H](OCc2ccccc2)[C@H]1OCc1ccccc1. The first-order valence-corrected chi connectivity index (χ1v) is 8.51. The van der Waals surface area contributed by atoms with Gasteiger partial charge in [0.25, 0.3) is 0 Å². The van der Waals surface area contributed by atoms with Crippen molar-refractivity contribution in [3.05, 3.63) is 71.8 Å². The van der Waals surface area contributed by atoms with E-state index >= 15 is 0 Å². The van der Waals surface area contributed by atoms with E-state index in [4.69, 9.17) is 14.2 Å². The summed E-state index contributed by atoms with van der Waals surface area (Å²) in [6.45, 7) is 0.579. The molecule has 1 unspecified atom stereocenters. The Labute approximate surface area is 147 Å². The Kier molecular flexibility index (Phi) is 6.55. The highest BCUT2D eigenvalue weighted by Crippen LogP contribution is 2.26. The van der Waals surface area contributed by atoms with Crippen molar-refractivity contribution in [1.82, 2.24) is 0 Å². The quantitative estimate of drug-likeness (QED) is 0.806. The number of hydrogen-bond donors (Lipinski definition) is 2. The van der Waals surface area contributed by atoms with Gasteiger partial charge in [0.2, 0.25) is 0 Å². The van der Waals surface area contributed by atoms with Crippen LogP contribution in [0.4, 0.5) is 0 Å². The van der Waals surface area contributed by atoms with Gasteiger partial charge in [0.1, 0.15) is 12.2 Å². The molecule has 1 aliphatic rings. The molecular formula is C20H24O5. The molecule has 2 aromatic rings. The Hall–Kier alpha value is -1.76. The lowest BCUT2D eigenvalue weighted by Gasteiger charge is -2.39. The van der Waals surface area contributed by atoms with Gasteiger partial charge in [-0.3, -0.25) is 0 Å². The van der Waals surface area contributed by atoms with Gasteiger partial charge in [-0.25, -0.2) is 0 Å². The lowest BCUT2D eigenvalue weighted by molar-refractivity contribution is -0.262.